The summed E-state index contributed by atoms with van der Waals surface area (Å²) >= 11 is 0. The fourth-order valence-electron chi connectivity index (χ4n) is 3.53. The van der Waals surface area contributed by atoms with Gasteiger partial charge in [-0.05, 0) is 36.5 Å². The van der Waals surface area contributed by atoms with E-state index in [2.05, 4.69) is 15.6 Å². The summed E-state index contributed by atoms with van der Waals surface area (Å²) in [5.74, 6) is 2.51. The fraction of sp³-hybridized carbons (Fsp3) is 0.650. The normalized spacial score (nSPS) is 15.0. The van der Waals surface area contributed by atoms with Gasteiger partial charge >= 0.3 is 0 Å². The molecule has 0 saturated heterocycles. The molecule has 0 aliphatic heterocycles. The number of phenolic OH excluding ortho intramolecular Hbond substituents is 1. The van der Waals surface area contributed by atoms with E-state index in [-0.39, 0.29) is 29.7 Å². The SMILES string of the molecule is CN=C(NCCCC1CCCCC1)NCc1cc(OC)c(O)c(OC)c1.I. The van der Waals surface area contributed by atoms with Crippen LogP contribution in [0.1, 0.15) is 50.5 Å². The first-order chi connectivity index (χ1) is 12.7. The zero-order valence-corrected chi connectivity index (χ0v) is 19.0. The first-order valence-electron chi connectivity index (χ1n) is 9.56. The number of benzene rings is 1. The van der Waals surface area contributed by atoms with Crippen molar-refractivity contribution < 1.29 is 14.6 Å². The predicted octanol–water partition coefficient (Wildman–Crippen LogP) is 4.05. The Kier molecular flexibility index (Phi) is 11.3. The van der Waals surface area contributed by atoms with Crippen LogP contribution in [0.3, 0.4) is 0 Å². The molecule has 1 aromatic rings. The summed E-state index contributed by atoms with van der Waals surface area (Å²) in [7, 11) is 4.82. The highest BCUT2D eigenvalue weighted by atomic mass is 127. The van der Waals surface area contributed by atoms with E-state index >= 15 is 0 Å². The van der Waals surface area contributed by atoms with Gasteiger partial charge in [-0.3, -0.25) is 4.99 Å². The van der Waals surface area contributed by atoms with Gasteiger partial charge in [0.15, 0.2) is 17.5 Å². The number of guanidine groups is 1. The topological polar surface area (TPSA) is 75.1 Å². The van der Waals surface area contributed by atoms with E-state index in [0.29, 0.717) is 18.0 Å². The average molecular weight is 491 g/mol. The van der Waals surface area contributed by atoms with Crippen LogP contribution in [0.15, 0.2) is 17.1 Å². The Morgan fingerprint density at radius 2 is 1.74 bits per heavy atom. The molecular formula is C20H34IN3O3. The van der Waals surface area contributed by atoms with Crippen LogP contribution >= 0.6 is 24.0 Å². The predicted molar refractivity (Wildman–Crippen MR) is 121 cm³/mol. The lowest BCUT2D eigenvalue weighted by atomic mass is 9.86. The molecule has 2 rings (SSSR count). The molecule has 0 unspecified atom stereocenters. The minimum Gasteiger partial charge on any atom is -0.502 e. The number of methoxy groups -OCH3 is 2. The lowest BCUT2D eigenvalue weighted by molar-refractivity contribution is 0.332. The third-order valence-electron chi connectivity index (χ3n) is 5.03. The molecule has 1 fully saturated rings. The summed E-state index contributed by atoms with van der Waals surface area (Å²) in [6.45, 7) is 1.49. The van der Waals surface area contributed by atoms with Crippen LogP contribution in [0.4, 0.5) is 0 Å². The number of hydrogen-bond donors (Lipinski definition) is 3. The van der Waals surface area contributed by atoms with Gasteiger partial charge in [-0.15, -0.1) is 24.0 Å². The van der Waals surface area contributed by atoms with E-state index in [9.17, 15) is 5.11 Å². The zero-order valence-electron chi connectivity index (χ0n) is 16.7. The van der Waals surface area contributed by atoms with Gasteiger partial charge in [0.25, 0.3) is 0 Å². The molecule has 1 aromatic carbocycles. The Bertz CT molecular complexity index is 565. The van der Waals surface area contributed by atoms with Crippen LogP contribution in [0.2, 0.25) is 0 Å². The second-order valence-electron chi connectivity index (χ2n) is 6.85. The van der Waals surface area contributed by atoms with Gasteiger partial charge in [-0.2, -0.15) is 0 Å². The number of aliphatic imine (C=N–C) groups is 1. The van der Waals surface area contributed by atoms with E-state index < -0.39 is 0 Å². The highest BCUT2D eigenvalue weighted by Crippen LogP contribution is 2.37. The standard InChI is InChI=1S/C20H33N3O3.HI/c1-21-20(22-11-7-10-15-8-5-4-6-9-15)23-14-16-12-17(25-2)19(24)18(13-16)26-3;/h12-13,15,24H,4-11,14H2,1-3H3,(H2,21,22,23);1H. The minimum absolute atomic E-state index is 0. The summed E-state index contributed by atoms with van der Waals surface area (Å²) in [5.41, 5.74) is 0.946. The third kappa shape index (κ3) is 7.63. The summed E-state index contributed by atoms with van der Waals surface area (Å²) in [5, 5.41) is 16.6. The van der Waals surface area contributed by atoms with Crippen molar-refractivity contribution in [3.63, 3.8) is 0 Å². The molecule has 0 heterocycles. The zero-order chi connectivity index (χ0) is 18.8. The molecule has 0 bridgehead atoms. The van der Waals surface area contributed by atoms with Gasteiger partial charge in [0.1, 0.15) is 0 Å². The van der Waals surface area contributed by atoms with Gasteiger partial charge in [-0.1, -0.05) is 32.1 Å². The molecule has 0 amide bonds. The Balaban J connectivity index is 0.00000364. The first-order valence-corrected chi connectivity index (χ1v) is 9.56. The number of hydrogen-bond acceptors (Lipinski definition) is 4. The van der Waals surface area contributed by atoms with Crippen LogP contribution in [0.5, 0.6) is 17.2 Å². The first kappa shape index (κ1) is 23.7. The van der Waals surface area contributed by atoms with Gasteiger partial charge in [0, 0.05) is 20.1 Å². The molecule has 0 atom stereocenters. The summed E-state index contributed by atoms with van der Waals surface area (Å²) in [6.07, 6.45) is 9.50. The largest absolute Gasteiger partial charge is 0.502 e. The molecular weight excluding hydrogens is 457 g/mol. The molecule has 0 radical (unpaired) electrons. The molecule has 7 heteroatoms. The number of nitrogens with one attached hydrogen (secondary N) is 2. The molecule has 0 aromatic heterocycles. The smallest absolute Gasteiger partial charge is 0.200 e. The number of rotatable bonds is 8. The van der Waals surface area contributed by atoms with Crippen LogP contribution in [0, 0.1) is 5.92 Å². The average Bonchev–Trinajstić information content (AvgIpc) is 2.69. The van der Waals surface area contributed by atoms with E-state index in [4.69, 9.17) is 9.47 Å². The maximum Gasteiger partial charge on any atom is 0.200 e. The summed E-state index contributed by atoms with van der Waals surface area (Å²) in [6, 6.07) is 3.59. The second-order valence-corrected chi connectivity index (χ2v) is 6.85. The molecule has 6 nitrogen and oxygen atoms in total. The van der Waals surface area contributed by atoms with Crippen LogP contribution in [-0.4, -0.2) is 38.9 Å². The number of ether oxygens (including phenoxy) is 2. The lowest BCUT2D eigenvalue weighted by Gasteiger charge is -2.21. The molecule has 3 N–H and O–H groups in total. The Labute approximate surface area is 180 Å². The van der Waals surface area contributed by atoms with Crippen LogP contribution in [-0.2, 0) is 6.54 Å². The lowest BCUT2D eigenvalue weighted by Crippen LogP contribution is -2.37. The molecule has 1 aliphatic carbocycles. The van der Waals surface area contributed by atoms with Gasteiger partial charge in [-0.25, -0.2) is 0 Å². The van der Waals surface area contributed by atoms with Crippen molar-refractivity contribution in [1.82, 2.24) is 10.6 Å². The quantitative estimate of drug-likeness (QED) is 0.222. The number of phenols is 1. The van der Waals surface area contributed by atoms with Crippen molar-refractivity contribution in [2.45, 2.75) is 51.5 Å². The van der Waals surface area contributed by atoms with Crippen molar-refractivity contribution >= 4 is 29.9 Å². The van der Waals surface area contributed by atoms with Crippen molar-refractivity contribution in [3.05, 3.63) is 17.7 Å². The Morgan fingerprint density at radius 3 is 2.30 bits per heavy atom. The van der Waals surface area contributed by atoms with Gasteiger partial charge < -0.3 is 25.2 Å². The fourth-order valence-corrected chi connectivity index (χ4v) is 3.53. The highest BCUT2D eigenvalue weighted by molar-refractivity contribution is 14.0. The maximum atomic E-state index is 9.98. The second kappa shape index (κ2) is 12.9. The Hall–Kier alpha value is -1.38. The van der Waals surface area contributed by atoms with Crippen LogP contribution in [0.25, 0.3) is 0 Å². The monoisotopic (exact) mass is 491 g/mol. The number of halogens is 1. The molecule has 1 saturated carbocycles. The maximum absolute atomic E-state index is 9.98. The molecule has 27 heavy (non-hydrogen) atoms. The summed E-state index contributed by atoms with van der Waals surface area (Å²) < 4.78 is 10.4. The number of aromatic hydroxyl groups is 1. The minimum atomic E-state index is 0. The van der Waals surface area contributed by atoms with E-state index in [1.54, 1.807) is 19.2 Å². The molecule has 1 aliphatic rings. The molecule has 154 valence electrons. The third-order valence-corrected chi connectivity index (χ3v) is 5.03. The van der Waals surface area contributed by atoms with Crippen molar-refractivity contribution in [1.29, 1.82) is 0 Å². The van der Waals surface area contributed by atoms with E-state index in [1.165, 1.54) is 59.2 Å². The van der Waals surface area contributed by atoms with Crippen molar-refractivity contribution in [2.75, 3.05) is 27.8 Å². The van der Waals surface area contributed by atoms with Gasteiger partial charge in [0.05, 0.1) is 14.2 Å². The number of nitrogens with zero attached hydrogens (tertiary/aromatic N) is 1. The molecule has 0 spiro atoms. The van der Waals surface area contributed by atoms with Gasteiger partial charge in [0.2, 0.25) is 5.75 Å². The van der Waals surface area contributed by atoms with Crippen LogP contribution < -0.4 is 20.1 Å². The van der Waals surface area contributed by atoms with E-state index in [1.807, 2.05) is 0 Å². The Morgan fingerprint density at radius 1 is 1.11 bits per heavy atom. The van der Waals surface area contributed by atoms with Crippen molar-refractivity contribution in [2.24, 2.45) is 10.9 Å². The highest BCUT2D eigenvalue weighted by Gasteiger charge is 2.13. The van der Waals surface area contributed by atoms with E-state index in [0.717, 1.165) is 24.0 Å². The summed E-state index contributed by atoms with van der Waals surface area (Å²) in [4.78, 5) is 4.27. The van der Waals surface area contributed by atoms with Crippen molar-refractivity contribution in [3.8, 4) is 17.2 Å².